The molecule has 1 unspecified atom stereocenters. The van der Waals surface area contributed by atoms with E-state index in [9.17, 15) is 46.2 Å². The molecule has 78 heavy (non-hydrogen) atoms. The molecule has 23 heteroatoms. The van der Waals surface area contributed by atoms with Crippen molar-refractivity contribution in [1.82, 2.24) is 29.3 Å². The SMILES string of the molecule is C=C(C=O)COC(=O)Nc1cc2cc3c(nc2cc1F)-c1cc2c(c(=O)n1C3)COC(=O)C2O.CC.CC.CN1CCN(c2nc(OCC34CCCN3CCC4)nc3c2COCC3)CC1.Cc1cc(N)c(F)cc1C(F)(F)F. The zero-order valence-corrected chi connectivity index (χ0v) is 44.7. The van der Waals surface area contributed by atoms with E-state index >= 15 is 0 Å². The minimum atomic E-state index is -4.53. The van der Waals surface area contributed by atoms with Gasteiger partial charge in [-0.25, -0.2) is 23.4 Å². The number of rotatable bonds is 8. The summed E-state index contributed by atoms with van der Waals surface area (Å²) in [6.07, 6.45) is -0.687. The second-order valence-electron chi connectivity index (χ2n) is 19.1. The lowest BCUT2D eigenvalue weighted by molar-refractivity contribution is -0.157. The predicted molar refractivity (Wildman–Crippen MR) is 282 cm³/mol. The standard InChI is InChI=1S/C23H16FN3O7.C20H31N5O2.C8H7F4N.2C2H6/c1-10(7-28)8-34-23(32)26-17-3-11-2-12-6-27-18(19(12)25-16(11)5-15(17)24)4-13-14(21(27)30)9-33-22(31)20(13)29;1-23-9-11-24(12-10-23)18-16-14-26-13-4-17(16)21-19(22-18)27-15-20-5-2-7-25(20)8-3-6-20;1-4-2-7(13)6(9)3-5(4)8(10,11)12;2*1-2/h2-5,7,20,29H,1,6,8-9H2,(H,26,32);2-15H2,1H3;2-3H,13H2,1H3;2*1-2H3. The number of esters is 1. The first-order chi connectivity index (χ1) is 37.3. The van der Waals surface area contributed by atoms with Crippen LogP contribution in [0.1, 0.15) is 98.6 Å². The second-order valence-corrected chi connectivity index (χ2v) is 19.1. The summed E-state index contributed by atoms with van der Waals surface area (Å²) in [5.74, 6) is -1.62. The van der Waals surface area contributed by atoms with Crippen molar-refractivity contribution in [2.45, 2.75) is 104 Å². The Morgan fingerprint density at radius 2 is 1.65 bits per heavy atom. The molecular weight excluding hydrogens is 1030 g/mol. The molecule has 18 nitrogen and oxygen atoms in total. The minimum Gasteiger partial charge on any atom is -0.461 e. The molecular formula is C55H66F5N9O9. The number of carbonyl (C=O) groups is 3. The van der Waals surface area contributed by atoms with Crippen molar-refractivity contribution in [2.75, 3.05) is 82.1 Å². The number of carbonyl (C=O) groups excluding carboxylic acids is 3. The van der Waals surface area contributed by atoms with Crippen molar-refractivity contribution < 1.29 is 60.4 Å². The second kappa shape index (κ2) is 25.1. The number of nitrogens with one attached hydrogen (secondary N) is 1. The number of ether oxygens (including phenoxy) is 4. The number of aromatic nitrogens is 4. The zero-order valence-electron chi connectivity index (χ0n) is 44.7. The maximum Gasteiger partial charge on any atom is 0.416 e. The van der Waals surface area contributed by atoms with E-state index in [2.05, 4.69) is 38.6 Å². The maximum absolute atomic E-state index is 14.7. The molecule has 2 aromatic carbocycles. The summed E-state index contributed by atoms with van der Waals surface area (Å²) >= 11 is 0. The van der Waals surface area contributed by atoms with Crippen LogP contribution >= 0.6 is 0 Å². The first-order valence-corrected chi connectivity index (χ1v) is 26.1. The smallest absolute Gasteiger partial charge is 0.416 e. The summed E-state index contributed by atoms with van der Waals surface area (Å²) in [5.41, 5.74) is 7.87. The Bertz CT molecular complexity index is 3100. The highest BCUT2D eigenvalue weighted by Crippen LogP contribution is 2.40. The van der Waals surface area contributed by atoms with E-state index in [0.29, 0.717) is 47.3 Å². The van der Waals surface area contributed by atoms with Gasteiger partial charge in [-0.2, -0.15) is 23.1 Å². The van der Waals surface area contributed by atoms with E-state index in [0.717, 1.165) is 69.5 Å². The molecule has 11 rings (SSSR count). The van der Waals surface area contributed by atoms with Gasteiger partial charge in [0.1, 0.15) is 43.6 Å². The number of piperazine rings is 1. The van der Waals surface area contributed by atoms with Gasteiger partial charge in [-0.15, -0.1) is 0 Å². The van der Waals surface area contributed by atoms with Crippen molar-refractivity contribution in [3.8, 4) is 17.4 Å². The fourth-order valence-electron chi connectivity index (χ4n) is 10.2. The van der Waals surface area contributed by atoms with Crippen molar-refractivity contribution in [3.63, 3.8) is 0 Å². The van der Waals surface area contributed by atoms with Gasteiger partial charge in [-0.05, 0) is 88.6 Å². The first kappa shape index (κ1) is 58.6. The van der Waals surface area contributed by atoms with Gasteiger partial charge >= 0.3 is 24.2 Å². The molecule has 3 fully saturated rings. The van der Waals surface area contributed by atoms with Crippen LogP contribution in [0.2, 0.25) is 0 Å². The first-order valence-electron chi connectivity index (χ1n) is 26.1. The molecule has 4 N–H and O–H groups in total. The number of aliphatic hydroxyl groups excluding tert-OH is 1. The number of fused-ring (bicyclic) bond motifs is 7. The molecule has 6 aliphatic rings. The average Bonchev–Trinajstić information content (AvgIpc) is 4.30. The molecule has 0 spiro atoms. The van der Waals surface area contributed by atoms with E-state index in [4.69, 9.17) is 34.6 Å². The van der Waals surface area contributed by atoms with Crippen molar-refractivity contribution in [3.05, 3.63) is 110 Å². The van der Waals surface area contributed by atoms with E-state index in [1.807, 2.05) is 27.7 Å². The summed E-state index contributed by atoms with van der Waals surface area (Å²) in [4.78, 5) is 68.7. The van der Waals surface area contributed by atoms with Gasteiger partial charge in [-0.1, -0.05) is 34.3 Å². The van der Waals surface area contributed by atoms with Gasteiger partial charge in [0, 0.05) is 66.3 Å². The average molecular weight is 1090 g/mol. The van der Waals surface area contributed by atoms with Crippen LogP contribution in [0, 0.1) is 18.6 Å². The quantitative estimate of drug-likeness (QED) is 0.0432. The van der Waals surface area contributed by atoms with Crippen LogP contribution < -0.4 is 26.2 Å². The normalized spacial score (nSPS) is 17.8. The van der Waals surface area contributed by atoms with Crippen LogP contribution in [-0.4, -0.2) is 124 Å². The van der Waals surface area contributed by atoms with E-state index in [1.165, 1.54) is 68.0 Å². The molecule has 0 aliphatic carbocycles. The fraction of sp³-hybridized carbons (Fsp3) is 0.473. The molecule has 0 saturated carbocycles. The van der Waals surface area contributed by atoms with Crippen molar-refractivity contribution in [1.29, 1.82) is 0 Å². The Kier molecular flexibility index (Phi) is 18.9. The number of cyclic esters (lactones) is 1. The van der Waals surface area contributed by atoms with Crippen LogP contribution in [0.15, 0.2) is 53.3 Å². The van der Waals surface area contributed by atoms with Gasteiger partial charge in [0.2, 0.25) is 0 Å². The Hall–Kier alpha value is -7.08. The number of pyridine rings is 2. The molecule has 3 saturated heterocycles. The molecule has 0 radical (unpaired) electrons. The molecule has 1 amide bonds. The number of amides is 1. The summed E-state index contributed by atoms with van der Waals surface area (Å²) < 4.78 is 86.9. The third kappa shape index (κ3) is 12.7. The number of likely N-dealkylation sites (N-methyl/N-ethyl adjacent to an activating group) is 1. The highest BCUT2D eigenvalue weighted by atomic mass is 19.4. The number of aliphatic hydroxyl groups is 1. The van der Waals surface area contributed by atoms with Gasteiger partial charge in [0.05, 0.1) is 70.4 Å². The number of anilines is 3. The highest BCUT2D eigenvalue weighted by molar-refractivity contribution is 5.92. The largest absolute Gasteiger partial charge is 0.461 e. The summed E-state index contributed by atoms with van der Waals surface area (Å²) in [6.45, 7) is 20.9. The lowest BCUT2D eigenvalue weighted by atomic mass is 9.95. The van der Waals surface area contributed by atoms with Gasteiger partial charge in [-0.3, -0.25) is 19.8 Å². The lowest BCUT2D eigenvalue weighted by Crippen LogP contribution is -2.45. The van der Waals surface area contributed by atoms with Crippen LogP contribution in [0.4, 0.5) is 43.9 Å². The van der Waals surface area contributed by atoms with Crippen LogP contribution in [0.3, 0.4) is 0 Å². The van der Waals surface area contributed by atoms with Crippen LogP contribution in [0.5, 0.6) is 6.01 Å². The van der Waals surface area contributed by atoms with E-state index < -0.39 is 47.1 Å². The molecule has 9 heterocycles. The number of nitrogens with zero attached hydrogens (tertiary/aromatic N) is 7. The molecule has 3 aromatic heterocycles. The van der Waals surface area contributed by atoms with Crippen LogP contribution in [0.25, 0.3) is 22.3 Å². The molecule has 1 atom stereocenters. The Morgan fingerprint density at radius 3 is 2.33 bits per heavy atom. The summed E-state index contributed by atoms with van der Waals surface area (Å²) in [6, 6.07) is 7.69. The monoisotopic (exact) mass is 1090 g/mol. The van der Waals surface area contributed by atoms with E-state index in [-0.39, 0.29) is 64.5 Å². The Morgan fingerprint density at radius 1 is 0.949 bits per heavy atom. The van der Waals surface area contributed by atoms with Crippen molar-refractivity contribution >= 4 is 46.4 Å². The van der Waals surface area contributed by atoms with Gasteiger partial charge in [0.15, 0.2) is 6.10 Å². The molecule has 6 aliphatic heterocycles. The number of nitrogens with two attached hydrogens (primary N) is 1. The fourth-order valence-corrected chi connectivity index (χ4v) is 10.2. The predicted octanol–water partition coefficient (Wildman–Crippen LogP) is 8.05. The number of benzene rings is 2. The lowest BCUT2D eigenvalue weighted by Gasteiger charge is -2.35. The third-order valence-electron chi connectivity index (χ3n) is 14.2. The number of hydrogen-bond acceptors (Lipinski definition) is 16. The maximum atomic E-state index is 14.7. The van der Waals surface area contributed by atoms with Crippen molar-refractivity contribution in [2.24, 2.45) is 0 Å². The number of nitrogen functional groups attached to an aromatic ring is 1. The molecule has 0 bridgehead atoms. The number of hydrogen-bond donors (Lipinski definition) is 3. The highest BCUT2D eigenvalue weighted by Gasteiger charge is 2.45. The number of alkyl halides is 3. The Labute approximate surface area is 448 Å². The van der Waals surface area contributed by atoms with E-state index in [1.54, 1.807) is 6.07 Å². The van der Waals surface area contributed by atoms with Gasteiger partial charge < -0.3 is 44.2 Å². The third-order valence-corrected chi connectivity index (χ3v) is 14.2. The molecule has 5 aromatic rings. The zero-order chi connectivity index (χ0) is 56.6. The summed E-state index contributed by atoms with van der Waals surface area (Å²) in [7, 11) is 2.18. The van der Waals surface area contributed by atoms with Crippen LogP contribution in [-0.2, 0) is 56.2 Å². The minimum absolute atomic E-state index is 0.0498. The topological polar surface area (TPSA) is 217 Å². The summed E-state index contributed by atoms with van der Waals surface area (Å²) in [5, 5.41) is 12.9. The Balaban J connectivity index is 0.000000178. The van der Waals surface area contributed by atoms with Gasteiger partial charge in [0.25, 0.3) is 5.56 Å². The number of aldehydes is 1. The number of aryl methyl sites for hydroxylation is 1. The number of halogens is 5. The molecule has 420 valence electrons.